The number of rotatable bonds is 7. The molecule has 0 aliphatic carbocycles. The second-order valence-corrected chi connectivity index (χ2v) is 16.8. The van der Waals surface area contributed by atoms with Gasteiger partial charge in [0.1, 0.15) is 11.4 Å². The molecule has 3 aromatic carbocycles. The van der Waals surface area contributed by atoms with Gasteiger partial charge in [0.25, 0.3) is 0 Å². The number of hydrogen-bond acceptors (Lipinski definition) is 5. The van der Waals surface area contributed by atoms with E-state index in [4.69, 9.17) is 9.16 Å². The molecule has 0 radical (unpaired) electrons. The highest BCUT2D eigenvalue weighted by atomic mass is 32.1. The van der Waals surface area contributed by atoms with Gasteiger partial charge in [0.15, 0.2) is 0 Å². The largest absolute Gasteiger partial charge is 0.534 e. The quantitative estimate of drug-likeness (QED) is 0.246. The molecule has 39 heavy (non-hydrogen) atoms. The lowest BCUT2D eigenvalue weighted by Gasteiger charge is -2.43. The average molecular weight is 559 g/mol. The lowest BCUT2D eigenvalue weighted by atomic mass is 10.1. The van der Waals surface area contributed by atoms with Gasteiger partial charge in [-0.1, -0.05) is 93.6 Å². The molecule has 4 rings (SSSR count). The maximum Gasteiger partial charge on any atom is 0.407 e. The Balaban J connectivity index is 1.87. The molecule has 0 atom stereocenters. The third-order valence-corrected chi connectivity index (χ3v) is 12.5. The van der Waals surface area contributed by atoms with Crippen molar-refractivity contribution in [2.75, 3.05) is 0 Å². The first-order valence-electron chi connectivity index (χ1n) is 13.2. The van der Waals surface area contributed by atoms with Crippen LogP contribution in [0.15, 0.2) is 84.4 Å². The van der Waals surface area contributed by atoms with Crippen LogP contribution < -0.4 is 20.1 Å². The monoisotopic (exact) mass is 558 g/mol. The van der Waals surface area contributed by atoms with E-state index in [1.165, 1.54) is 10.4 Å². The third-order valence-electron chi connectivity index (χ3n) is 6.58. The minimum absolute atomic E-state index is 0.206. The number of hydrogen-bond donors (Lipinski definition) is 1. The van der Waals surface area contributed by atoms with E-state index in [1.54, 1.807) is 11.3 Å². The molecular formula is C32H38N2O3SSi. The number of benzene rings is 3. The highest BCUT2D eigenvalue weighted by molar-refractivity contribution is 7.13. The zero-order valence-electron chi connectivity index (χ0n) is 23.9. The number of alkyl carbamates (subject to hydrolysis) is 1. The third kappa shape index (κ3) is 6.42. The first-order chi connectivity index (χ1) is 18.4. The van der Waals surface area contributed by atoms with E-state index in [0.717, 1.165) is 27.4 Å². The fourth-order valence-corrected chi connectivity index (χ4v) is 10.1. The Labute approximate surface area is 237 Å². The normalized spacial score (nSPS) is 12.2. The fourth-order valence-electron chi connectivity index (χ4n) is 4.81. The average Bonchev–Trinajstić information content (AvgIpc) is 3.31. The Bertz CT molecular complexity index is 1370. The number of nitrogens with one attached hydrogen (secondary N) is 1. The summed E-state index contributed by atoms with van der Waals surface area (Å²) < 4.78 is 12.9. The fraction of sp³-hybridized carbons (Fsp3) is 0.312. The van der Waals surface area contributed by atoms with Gasteiger partial charge in [-0.2, -0.15) is 0 Å². The molecule has 0 saturated carbocycles. The molecule has 0 bridgehead atoms. The summed E-state index contributed by atoms with van der Waals surface area (Å²) in [5.41, 5.74) is 4.21. The predicted octanol–water partition coefficient (Wildman–Crippen LogP) is 7.08. The number of ether oxygens (including phenoxy) is 1. The molecule has 1 heterocycles. The van der Waals surface area contributed by atoms with E-state index >= 15 is 0 Å². The van der Waals surface area contributed by atoms with Crippen LogP contribution in [-0.4, -0.2) is 25.0 Å². The van der Waals surface area contributed by atoms with Crippen LogP contribution in [0.1, 0.15) is 52.8 Å². The van der Waals surface area contributed by atoms with Crippen molar-refractivity contribution < 1.29 is 14.0 Å². The summed E-state index contributed by atoms with van der Waals surface area (Å²) in [5, 5.41) is 5.10. The summed E-state index contributed by atoms with van der Waals surface area (Å²) in [5.74, 6) is 0.755. The van der Waals surface area contributed by atoms with Crippen molar-refractivity contribution in [2.24, 2.45) is 0 Å². The summed E-state index contributed by atoms with van der Waals surface area (Å²) >= 11 is 1.61. The van der Waals surface area contributed by atoms with Gasteiger partial charge < -0.3 is 14.5 Å². The van der Waals surface area contributed by atoms with E-state index < -0.39 is 20.0 Å². The number of aromatic nitrogens is 1. The van der Waals surface area contributed by atoms with Crippen molar-refractivity contribution in [1.29, 1.82) is 0 Å². The molecular weight excluding hydrogens is 521 g/mol. The molecule has 1 aromatic heterocycles. The van der Waals surface area contributed by atoms with Crippen molar-refractivity contribution in [3.05, 3.63) is 95.6 Å². The molecule has 5 nitrogen and oxygen atoms in total. The summed E-state index contributed by atoms with van der Waals surface area (Å²) in [6.07, 6.45) is -0.457. The van der Waals surface area contributed by atoms with Gasteiger partial charge in [-0.15, -0.1) is 11.3 Å². The van der Waals surface area contributed by atoms with Crippen LogP contribution in [0.4, 0.5) is 4.79 Å². The van der Waals surface area contributed by atoms with Crippen LogP contribution >= 0.6 is 11.3 Å². The number of carbonyl (C=O) groups is 1. The maximum atomic E-state index is 12.6. The standard InChI is InChI=1S/C32H38N2O3SSi/c1-23-29(38-22-34-23)24-18-19-25(21-33-30(35)36-31(2,3)4)28(20-24)37-39(32(5,6)7,26-14-10-8-11-15-26)27-16-12-9-13-17-27/h8-20,22H,21H2,1-7H3,(H,33,35). The lowest BCUT2D eigenvalue weighted by Crippen LogP contribution is -2.69. The Hall–Kier alpha value is -3.42. The van der Waals surface area contributed by atoms with Crippen LogP contribution in [0.25, 0.3) is 10.4 Å². The first kappa shape index (κ1) is 28.6. The number of thiazole rings is 1. The van der Waals surface area contributed by atoms with Gasteiger partial charge in [0.05, 0.1) is 16.1 Å². The van der Waals surface area contributed by atoms with Crippen LogP contribution in [-0.2, 0) is 11.3 Å². The van der Waals surface area contributed by atoms with Gasteiger partial charge >= 0.3 is 14.4 Å². The Kier molecular flexibility index (Phi) is 8.33. The Morgan fingerprint density at radius 3 is 1.97 bits per heavy atom. The van der Waals surface area contributed by atoms with Crippen molar-refractivity contribution in [1.82, 2.24) is 10.3 Å². The zero-order valence-corrected chi connectivity index (χ0v) is 25.7. The minimum Gasteiger partial charge on any atom is -0.534 e. The summed E-state index contributed by atoms with van der Waals surface area (Å²) in [6.45, 7) is 14.7. The van der Waals surface area contributed by atoms with Crippen molar-refractivity contribution >= 4 is 36.1 Å². The van der Waals surface area contributed by atoms with Gasteiger partial charge in [-0.3, -0.25) is 0 Å². The van der Waals surface area contributed by atoms with Crippen molar-refractivity contribution in [3.8, 4) is 16.2 Å². The molecule has 0 unspecified atom stereocenters. The first-order valence-corrected chi connectivity index (χ1v) is 16.0. The van der Waals surface area contributed by atoms with E-state index in [0.29, 0.717) is 0 Å². The lowest BCUT2D eigenvalue weighted by molar-refractivity contribution is 0.0523. The van der Waals surface area contributed by atoms with E-state index in [2.05, 4.69) is 91.7 Å². The second-order valence-electron chi connectivity index (χ2n) is 11.7. The molecule has 0 aliphatic heterocycles. The number of aryl methyl sites for hydroxylation is 1. The van der Waals surface area contributed by atoms with Gasteiger partial charge in [-0.05, 0) is 54.7 Å². The van der Waals surface area contributed by atoms with Gasteiger partial charge in [0, 0.05) is 12.1 Å². The van der Waals surface area contributed by atoms with Gasteiger partial charge in [0.2, 0.25) is 0 Å². The van der Waals surface area contributed by atoms with Crippen LogP contribution in [0.5, 0.6) is 5.75 Å². The van der Waals surface area contributed by atoms with Crippen LogP contribution in [0.3, 0.4) is 0 Å². The maximum absolute atomic E-state index is 12.6. The molecule has 0 saturated heterocycles. The summed E-state index contributed by atoms with van der Waals surface area (Å²) in [7, 11) is -2.89. The van der Waals surface area contributed by atoms with Crippen molar-refractivity contribution in [3.63, 3.8) is 0 Å². The number of nitrogens with zero attached hydrogens (tertiary/aromatic N) is 1. The number of amides is 1. The molecule has 0 spiro atoms. The molecule has 0 aliphatic rings. The summed E-state index contributed by atoms with van der Waals surface area (Å²) in [6, 6.07) is 27.3. The van der Waals surface area contributed by atoms with Crippen molar-refractivity contribution in [2.45, 2.75) is 65.7 Å². The van der Waals surface area contributed by atoms with E-state index in [-0.39, 0.29) is 11.6 Å². The smallest absolute Gasteiger partial charge is 0.407 e. The van der Waals surface area contributed by atoms with Crippen LogP contribution in [0, 0.1) is 6.92 Å². The molecule has 1 amide bonds. The minimum atomic E-state index is -2.89. The SMILES string of the molecule is Cc1ncsc1-c1ccc(CNC(=O)OC(C)(C)C)c(O[Si](c2ccccc2)(c2ccccc2)C(C)(C)C)c1. The molecule has 204 valence electrons. The Morgan fingerprint density at radius 1 is 0.897 bits per heavy atom. The second kappa shape index (κ2) is 11.4. The highest BCUT2D eigenvalue weighted by Gasteiger charge is 2.52. The van der Waals surface area contributed by atoms with E-state index in [9.17, 15) is 4.79 Å². The summed E-state index contributed by atoms with van der Waals surface area (Å²) in [4.78, 5) is 18.1. The predicted molar refractivity (Wildman–Crippen MR) is 164 cm³/mol. The zero-order chi connectivity index (χ0) is 28.3. The molecule has 7 heteroatoms. The van der Waals surface area contributed by atoms with Crippen LogP contribution in [0.2, 0.25) is 5.04 Å². The van der Waals surface area contributed by atoms with Gasteiger partial charge in [-0.25, -0.2) is 9.78 Å². The topological polar surface area (TPSA) is 60.5 Å². The molecule has 0 fully saturated rings. The molecule has 1 N–H and O–H groups in total. The highest BCUT2D eigenvalue weighted by Crippen LogP contribution is 2.40. The molecule has 4 aromatic rings. The number of carbonyl (C=O) groups excluding carboxylic acids is 1. The Morgan fingerprint density at radius 2 is 1.49 bits per heavy atom. The van der Waals surface area contributed by atoms with E-state index in [1.807, 2.05) is 51.4 Å².